The van der Waals surface area contributed by atoms with Crippen molar-refractivity contribution in [3.63, 3.8) is 0 Å². The topological polar surface area (TPSA) is 81.9 Å². The van der Waals surface area contributed by atoms with Gasteiger partial charge in [0.1, 0.15) is 5.75 Å². The highest BCUT2D eigenvalue weighted by molar-refractivity contribution is 5.82. The molecule has 120 valence electrons. The van der Waals surface area contributed by atoms with Crippen molar-refractivity contribution < 1.29 is 19.1 Å². The highest BCUT2D eigenvalue weighted by atomic mass is 16.5. The van der Waals surface area contributed by atoms with Crippen LogP contribution >= 0.6 is 0 Å². The van der Waals surface area contributed by atoms with Gasteiger partial charge < -0.3 is 20.1 Å². The van der Waals surface area contributed by atoms with Crippen LogP contribution in [0, 0.1) is 18.8 Å². The van der Waals surface area contributed by atoms with Gasteiger partial charge in [0.15, 0.2) is 6.61 Å². The minimum absolute atomic E-state index is 0.0470. The molecule has 2 atom stereocenters. The maximum Gasteiger partial charge on any atom is 0.260 e. The number of benzene rings is 1. The van der Waals surface area contributed by atoms with Gasteiger partial charge in [0.2, 0.25) is 5.91 Å². The number of aryl methyl sites for hydroxylation is 1. The Balaban J connectivity index is 1.91. The van der Waals surface area contributed by atoms with Crippen LogP contribution in [-0.2, 0) is 14.3 Å². The molecule has 0 aromatic heterocycles. The van der Waals surface area contributed by atoms with Crippen molar-refractivity contribution in [2.24, 2.45) is 17.6 Å². The molecule has 1 fully saturated rings. The number of likely N-dealkylation sites (tertiary alicyclic amines) is 1. The molecule has 1 heterocycles. The largest absolute Gasteiger partial charge is 0.484 e. The second kappa shape index (κ2) is 7.26. The molecule has 22 heavy (non-hydrogen) atoms. The van der Waals surface area contributed by atoms with Gasteiger partial charge in [0, 0.05) is 26.1 Å². The molecule has 1 aliphatic heterocycles. The fraction of sp³-hybridized carbons (Fsp3) is 0.500. The molecule has 0 aliphatic carbocycles. The number of methoxy groups -OCH3 is 1. The van der Waals surface area contributed by atoms with Crippen LogP contribution in [0.4, 0.5) is 0 Å². The van der Waals surface area contributed by atoms with E-state index >= 15 is 0 Å². The van der Waals surface area contributed by atoms with Crippen LogP contribution in [0.15, 0.2) is 24.3 Å². The minimum atomic E-state index is -0.392. The molecular weight excluding hydrogens is 284 g/mol. The maximum absolute atomic E-state index is 12.2. The van der Waals surface area contributed by atoms with Gasteiger partial charge in [0.05, 0.1) is 12.5 Å². The zero-order chi connectivity index (χ0) is 16.1. The standard InChI is InChI=1S/C16H22N2O4/c1-11-4-3-5-13(6-11)22-10-15(19)18-7-12(9-21-2)14(8-18)16(17)20/h3-6,12,14H,7-10H2,1-2H3,(H2,17,20)/t12-,14+/m0/s1. The van der Waals surface area contributed by atoms with Crippen LogP contribution in [0.25, 0.3) is 0 Å². The van der Waals surface area contributed by atoms with Crippen molar-refractivity contribution in [1.82, 2.24) is 4.90 Å². The first-order valence-electron chi connectivity index (χ1n) is 7.26. The van der Waals surface area contributed by atoms with Crippen LogP contribution in [-0.4, -0.2) is 50.1 Å². The normalized spacial score (nSPS) is 20.9. The third-order valence-electron chi connectivity index (χ3n) is 3.89. The summed E-state index contributed by atoms with van der Waals surface area (Å²) in [7, 11) is 1.57. The summed E-state index contributed by atoms with van der Waals surface area (Å²) in [6.45, 7) is 3.13. The molecule has 6 nitrogen and oxygen atoms in total. The van der Waals surface area contributed by atoms with Gasteiger partial charge in [0.25, 0.3) is 5.91 Å². The summed E-state index contributed by atoms with van der Waals surface area (Å²) >= 11 is 0. The Kier molecular flexibility index (Phi) is 5.38. The number of nitrogens with two attached hydrogens (primary N) is 1. The molecule has 0 radical (unpaired) electrons. The van der Waals surface area contributed by atoms with Crippen LogP contribution in [0.2, 0.25) is 0 Å². The van der Waals surface area contributed by atoms with Gasteiger partial charge in [-0.25, -0.2) is 0 Å². The van der Waals surface area contributed by atoms with Crippen molar-refractivity contribution in [3.8, 4) is 5.75 Å². The van der Waals surface area contributed by atoms with E-state index in [4.69, 9.17) is 15.2 Å². The summed E-state index contributed by atoms with van der Waals surface area (Å²) in [5, 5.41) is 0. The van der Waals surface area contributed by atoms with Crippen molar-refractivity contribution in [2.45, 2.75) is 6.92 Å². The highest BCUT2D eigenvalue weighted by Crippen LogP contribution is 2.24. The number of carbonyl (C=O) groups is 2. The first-order valence-corrected chi connectivity index (χ1v) is 7.26. The minimum Gasteiger partial charge on any atom is -0.484 e. The second-order valence-electron chi connectivity index (χ2n) is 5.63. The molecule has 0 unspecified atom stereocenters. The van der Waals surface area contributed by atoms with Crippen LogP contribution in [0.1, 0.15) is 5.56 Å². The molecule has 1 saturated heterocycles. The maximum atomic E-state index is 12.2. The number of primary amides is 1. The van der Waals surface area contributed by atoms with Crippen molar-refractivity contribution >= 4 is 11.8 Å². The van der Waals surface area contributed by atoms with Crippen molar-refractivity contribution in [3.05, 3.63) is 29.8 Å². The van der Waals surface area contributed by atoms with Gasteiger partial charge in [-0.2, -0.15) is 0 Å². The summed E-state index contributed by atoms with van der Waals surface area (Å²) in [4.78, 5) is 25.3. The molecule has 1 aromatic carbocycles. The van der Waals surface area contributed by atoms with Gasteiger partial charge in [-0.05, 0) is 24.6 Å². The zero-order valence-corrected chi connectivity index (χ0v) is 13.0. The van der Waals surface area contributed by atoms with E-state index < -0.39 is 5.91 Å². The van der Waals surface area contributed by atoms with Crippen molar-refractivity contribution in [2.75, 3.05) is 33.4 Å². The Bertz CT molecular complexity index is 547. The number of hydrogen-bond donors (Lipinski definition) is 1. The third kappa shape index (κ3) is 3.98. The monoisotopic (exact) mass is 306 g/mol. The molecular formula is C16H22N2O4. The van der Waals surface area contributed by atoms with E-state index in [1.807, 2.05) is 31.2 Å². The van der Waals surface area contributed by atoms with E-state index in [1.165, 1.54) is 0 Å². The molecule has 1 aromatic rings. The Morgan fingerprint density at radius 3 is 2.77 bits per heavy atom. The first-order chi connectivity index (χ1) is 10.5. The number of ether oxygens (including phenoxy) is 2. The molecule has 0 bridgehead atoms. The van der Waals surface area contributed by atoms with Crippen molar-refractivity contribution in [1.29, 1.82) is 0 Å². The number of carbonyl (C=O) groups excluding carboxylic acids is 2. The second-order valence-corrected chi connectivity index (χ2v) is 5.63. The Morgan fingerprint density at radius 2 is 2.14 bits per heavy atom. The predicted octanol–water partition coefficient (Wildman–Crippen LogP) is 0.580. The SMILES string of the molecule is COC[C@@H]1CN(C(=O)COc2cccc(C)c2)C[C@H]1C(N)=O. The van der Waals surface area contributed by atoms with E-state index in [0.29, 0.717) is 25.4 Å². The quantitative estimate of drug-likeness (QED) is 0.833. The summed E-state index contributed by atoms with van der Waals surface area (Å²) < 4.78 is 10.6. The Morgan fingerprint density at radius 1 is 1.36 bits per heavy atom. The lowest BCUT2D eigenvalue weighted by atomic mass is 9.96. The molecule has 1 aliphatic rings. The lowest BCUT2D eigenvalue weighted by molar-refractivity contribution is -0.132. The summed E-state index contributed by atoms with van der Waals surface area (Å²) in [6.07, 6.45) is 0. The lowest BCUT2D eigenvalue weighted by Crippen LogP contribution is -2.34. The summed E-state index contributed by atoms with van der Waals surface area (Å²) in [5.41, 5.74) is 6.47. The average molecular weight is 306 g/mol. The van der Waals surface area contributed by atoms with E-state index in [9.17, 15) is 9.59 Å². The fourth-order valence-electron chi connectivity index (χ4n) is 2.72. The molecule has 6 heteroatoms. The van der Waals surface area contributed by atoms with E-state index in [1.54, 1.807) is 12.0 Å². The molecule has 2 amide bonds. The van der Waals surface area contributed by atoms with Gasteiger partial charge in [-0.15, -0.1) is 0 Å². The van der Waals surface area contributed by atoms with E-state index in [-0.39, 0.29) is 24.3 Å². The number of rotatable bonds is 6. The average Bonchev–Trinajstić information content (AvgIpc) is 2.89. The van der Waals surface area contributed by atoms with E-state index in [0.717, 1.165) is 5.56 Å². The first kappa shape index (κ1) is 16.3. The number of amides is 2. The summed E-state index contributed by atoms with van der Waals surface area (Å²) in [5.74, 6) is -0.288. The summed E-state index contributed by atoms with van der Waals surface area (Å²) in [6, 6.07) is 7.52. The van der Waals surface area contributed by atoms with Gasteiger partial charge >= 0.3 is 0 Å². The molecule has 0 saturated carbocycles. The smallest absolute Gasteiger partial charge is 0.260 e. The zero-order valence-electron chi connectivity index (χ0n) is 13.0. The van der Waals surface area contributed by atoms with Crippen LogP contribution in [0.3, 0.4) is 0 Å². The van der Waals surface area contributed by atoms with Crippen LogP contribution < -0.4 is 10.5 Å². The predicted molar refractivity (Wildman–Crippen MR) is 81.3 cm³/mol. The van der Waals surface area contributed by atoms with Gasteiger partial charge in [-0.3, -0.25) is 9.59 Å². The number of hydrogen-bond acceptors (Lipinski definition) is 4. The third-order valence-corrected chi connectivity index (χ3v) is 3.89. The Hall–Kier alpha value is -2.08. The highest BCUT2D eigenvalue weighted by Gasteiger charge is 2.38. The molecule has 0 spiro atoms. The Labute approximate surface area is 130 Å². The van der Waals surface area contributed by atoms with E-state index in [2.05, 4.69) is 0 Å². The molecule has 2 rings (SSSR count). The number of nitrogens with zero attached hydrogens (tertiary/aromatic N) is 1. The fourth-order valence-corrected chi connectivity index (χ4v) is 2.72. The lowest BCUT2D eigenvalue weighted by Gasteiger charge is -2.16. The molecule has 2 N–H and O–H groups in total. The van der Waals surface area contributed by atoms with Gasteiger partial charge in [-0.1, -0.05) is 12.1 Å². The van der Waals surface area contributed by atoms with Crippen LogP contribution in [0.5, 0.6) is 5.75 Å².